The third kappa shape index (κ3) is 2.03. The summed E-state index contributed by atoms with van der Waals surface area (Å²) in [6.45, 7) is 1.95. The lowest BCUT2D eigenvalue weighted by Gasteiger charge is -2.30. The van der Waals surface area contributed by atoms with Crippen molar-refractivity contribution in [1.29, 1.82) is 0 Å². The zero-order chi connectivity index (χ0) is 13.3. The molecule has 1 aliphatic heterocycles. The van der Waals surface area contributed by atoms with Crippen LogP contribution in [0.25, 0.3) is 0 Å². The molecule has 1 aromatic rings. The number of nitrogens with zero attached hydrogens (tertiary/aromatic N) is 3. The van der Waals surface area contributed by atoms with Gasteiger partial charge in [-0.2, -0.15) is 0 Å². The summed E-state index contributed by atoms with van der Waals surface area (Å²) in [4.78, 5) is 32.4. The van der Waals surface area contributed by atoms with Gasteiger partial charge in [0.15, 0.2) is 0 Å². The minimum atomic E-state index is -1.17. The Kier molecular flexibility index (Phi) is 3.21. The molecule has 96 valence electrons. The Morgan fingerprint density at radius 3 is 2.72 bits per heavy atom. The summed E-state index contributed by atoms with van der Waals surface area (Å²) in [5, 5.41) is 9.42. The average Bonchev–Trinajstić information content (AvgIpc) is 2.73. The summed E-state index contributed by atoms with van der Waals surface area (Å²) < 4.78 is 0. The van der Waals surface area contributed by atoms with E-state index in [1.54, 1.807) is 6.92 Å². The Bertz CT molecular complexity index is 491. The molecule has 1 unspecified atom stereocenters. The summed E-state index contributed by atoms with van der Waals surface area (Å²) in [7, 11) is 0. The minimum absolute atomic E-state index is 0.105. The summed E-state index contributed by atoms with van der Waals surface area (Å²) in [6.07, 6.45) is 3.62. The molecule has 1 aromatic heterocycles. The molecule has 0 spiro atoms. The fourth-order valence-electron chi connectivity index (χ4n) is 2.07. The first-order valence-corrected chi connectivity index (χ1v) is 5.86. The van der Waals surface area contributed by atoms with Gasteiger partial charge in [0.2, 0.25) is 0 Å². The van der Waals surface area contributed by atoms with Gasteiger partial charge >= 0.3 is 5.97 Å². The molecule has 2 rings (SSSR count). The Morgan fingerprint density at radius 1 is 1.44 bits per heavy atom. The Balaban J connectivity index is 2.28. The Morgan fingerprint density at radius 2 is 2.17 bits per heavy atom. The normalized spacial score (nSPS) is 23.1. The lowest BCUT2D eigenvalue weighted by atomic mass is 9.99. The van der Waals surface area contributed by atoms with Crippen molar-refractivity contribution in [2.24, 2.45) is 0 Å². The third-order valence-electron chi connectivity index (χ3n) is 3.19. The predicted molar refractivity (Wildman–Crippen MR) is 63.4 cm³/mol. The van der Waals surface area contributed by atoms with Crippen LogP contribution in [-0.4, -0.2) is 43.9 Å². The second kappa shape index (κ2) is 4.53. The monoisotopic (exact) mass is 269 g/mol. The van der Waals surface area contributed by atoms with Crippen molar-refractivity contribution < 1.29 is 14.7 Å². The highest BCUT2D eigenvalue weighted by Crippen LogP contribution is 2.30. The lowest BCUT2D eigenvalue weighted by molar-refractivity contribution is -0.147. The second-order valence-corrected chi connectivity index (χ2v) is 4.75. The molecular formula is C11H12ClN3O3. The van der Waals surface area contributed by atoms with Crippen LogP contribution in [0.15, 0.2) is 12.4 Å². The number of rotatable bonds is 2. The summed E-state index contributed by atoms with van der Waals surface area (Å²) in [5.41, 5.74) is -1.06. The van der Waals surface area contributed by atoms with E-state index in [1.165, 1.54) is 17.3 Å². The van der Waals surface area contributed by atoms with Crippen molar-refractivity contribution >= 4 is 23.5 Å². The molecule has 1 aliphatic rings. The fourth-order valence-corrected chi connectivity index (χ4v) is 2.17. The molecule has 0 radical (unpaired) electrons. The number of aromatic nitrogens is 2. The first-order chi connectivity index (χ1) is 8.45. The van der Waals surface area contributed by atoms with E-state index >= 15 is 0 Å². The van der Waals surface area contributed by atoms with Gasteiger partial charge in [0.1, 0.15) is 16.4 Å². The number of aliphatic carboxylic acids is 1. The molecule has 0 aliphatic carbocycles. The highest BCUT2D eigenvalue weighted by Gasteiger charge is 2.46. The number of hydrogen-bond acceptors (Lipinski definition) is 4. The molecule has 18 heavy (non-hydrogen) atoms. The number of carbonyl (C=O) groups is 2. The summed E-state index contributed by atoms with van der Waals surface area (Å²) in [5.74, 6) is -1.43. The lowest BCUT2D eigenvalue weighted by Crippen LogP contribution is -2.51. The van der Waals surface area contributed by atoms with E-state index in [0.717, 1.165) is 0 Å². The molecule has 1 saturated heterocycles. The Hall–Kier alpha value is -1.69. The molecule has 0 aromatic carbocycles. The first kappa shape index (κ1) is 12.8. The van der Waals surface area contributed by atoms with E-state index in [4.69, 9.17) is 11.6 Å². The summed E-state index contributed by atoms with van der Waals surface area (Å²) >= 11 is 5.59. The van der Waals surface area contributed by atoms with Crippen LogP contribution in [0.4, 0.5) is 0 Å². The van der Waals surface area contributed by atoms with Crippen LogP contribution in [0.2, 0.25) is 5.15 Å². The second-order valence-electron chi connectivity index (χ2n) is 4.36. The van der Waals surface area contributed by atoms with Gasteiger partial charge in [0.25, 0.3) is 5.91 Å². The number of carboxylic acid groups (broad SMARTS) is 1. The molecule has 1 amide bonds. The van der Waals surface area contributed by atoms with Crippen molar-refractivity contribution in [1.82, 2.24) is 14.9 Å². The number of halogens is 1. The van der Waals surface area contributed by atoms with Crippen LogP contribution in [-0.2, 0) is 4.79 Å². The van der Waals surface area contributed by atoms with Crippen molar-refractivity contribution in [2.75, 3.05) is 6.54 Å². The summed E-state index contributed by atoms with van der Waals surface area (Å²) in [6, 6.07) is 0. The molecule has 1 atom stereocenters. The van der Waals surface area contributed by atoms with E-state index < -0.39 is 17.4 Å². The van der Waals surface area contributed by atoms with Crippen molar-refractivity contribution in [3.05, 3.63) is 23.2 Å². The topological polar surface area (TPSA) is 83.4 Å². The number of amides is 1. The van der Waals surface area contributed by atoms with Gasteiger partial charge in [-0.05, 0) is 19.8 Å². The van der Waals surface area contributed by atoms with Crippen LogP contribution in [0, 0.1) is 0 Å². The van der Waals surface area contributed by atoms with Gasteiger partial charge < -0.3 is 10.0 Å². The van der Waals surface area contributed by atoms with Gasteiger partial charge in [-0.3, -0.25) is 4.79 Å². The van der Waals surface area contributed by atoms with Crippen molar-refractivity contribution in [3.8, 4) is 0 Å². The maximum absolute atomic E-state index is 12.2. The van der Waals surface area contributed by atoms with Crippen LogP contribution < -0.4 is 0 Å². The van der Waals surface area contributed by atoms with Gasteiger partial charge in [0, 0.05) is 6.54 Å². The van der Waals surface area contributed by atoms with E-state index in [0.29, 0.717) is 19.4 Å². The van der Waals surface area contributed by atoms with E-state index in [2.05, 4.69) is 9.97 Å². The number of hydrogen-bond donors (Lipinski definition) is 1. The van der Waals surface area contributed by atoms with E-state index in [-0.39, 0.29) is 10.8 Å². The highest BCUT2D eigenvalue weighted by atomic mass is 35.5. The fraction of sp³-hybridized carbons (Fsp3) is 0.455. The quantitative estimate of drug-likeness (QED) is 0.872. The van der Waals surface area contributed by atoms with Crippen LogP contribution in [0.5, 0.6) is 0 Å². The van der Waals surface area contributed by atoms with E-state index in [1.807, 2.05) is 0 Å². The molecule has 1 fully saturated rings. The Labute approximate surface area is 109 Å². The SMILES string of the molecule is CC1(C(=O)O)CCCN1C(=O)c1cnc(Cl)cn1. The first-order valence-electron chi connectivity index (χ1n) is 5.48. The molecule has 0 bridgehead atoms. The standard InChI is InChI=1S/C11H12ClN3O3/c1-11(10(17)18)3-2-4-15(11)9(16)7-5-14-8(12)6-13-7/h5-6H,2-4H2,1H3,(H,17,18). The highest BCUT2D eigenvalue weighted by molar-refractivity contribution is 6.29. The van der Waals surface area contributed by atoms with Gasteiger partial charge in [-0.25, -0.2) is 14.8 Å². The van der Waals surface area contributed by atoms with Crippen LogP contribution in [0.3, 0.4) is 0 Å². The third-order valence-corrected chi connectivity index (χ3v) is 3.38. The van der Waals surface area contributed by atoms with Gasteiger partial charge in [-0.1, -0.05) is 11.6 Å². The number of carboxylic acids is 1. The molecule has 2 heterocycles. The zero-order valence-electron chi connectivity index (χ0n) is 9.76. The maximum Gasteiger partial charge on any atom is 0.329 e. The zero-order valence-corrected chi connectivity index (χ0v) is 10.5. The number of carbonyl (C=O) groups excluding carboxylic acids is 1. The molecule has 6 nitrogen and oxygen atoms in total. The predicted octanol–water partition coefficient (Wildman–Crippen LogP) is 1.21. The smallest absolute Gasteiger partial charge is 0.329 e. The number of likely N-dealkylation sites (tertiary alicyclic amines) is 1. The van der Waals surface area contributed by atoms with Gasteiger partial charge in [-0.15, -0.1) is 0 Å². The largest absolute Gasteiger partial charge is 0.480 e. The minimum Gasteiger partial charge on any atom is -0.480 e. The van der Waals surface area contributed by atoms with E-state index in [9.17, 15) is 14.7 Å². The molecular weight excluding hydrogens is 258 g/mol. The maximum atomic E-state index is 12.2. The molecule has 1 N–H and O–H groups in total. The van der Waals surface area contributed by atoms with Crippen molar-refractivity contribution in [3.63, 3.8) is 0 Å². The average molecular weight is 270 g/mol. The van der Waals surface area contributed by atoms with Gasteiger partial charge in [0.05, 0.1) is 12.4 Å². The van der Waals surface area contributed by atoms with Crippen LogP contribution >= 0.6 is 11.6 Å². The van der Waals surface area contributed by atoms with Crippen molar-refractivity contribution in [2.45, 2.75) is 25.3 Å². The molecule has 7 heteroatoms. The molecule has 0 saturated carbocycles. The van der Waals surface area contributed by atoms with Crippen LogP contribution in [0.1, 0.15) is 30.3 Å².